The molecule has 14 heavy (non-hydrogen) atoms. The maximum atomic E-state index is 11.5. The van der Waals surface area contributed by atoms with Crippen molar-refractivity contribution >= 4 is 5.91 Å². The summed E-state index contributed by atoms with van der Waals surface area (Å²) in [6.45, 7) is 3.95. The quantitative estimate of drug-likeness (QED) is 0.669. The van der Waals surface area contributed by atoms with Gasteiger partial charge in [0.15, 0.2) is 0 Å². The normalized spacial score (nSPS) is 23.4. The first kappa shape index (κ1) is 11.5. The average molecular weight is 200 g/mol. The fraction of sp³-hybridized carbons (Fsp3) is 0.900. The molecule has 0 spiro atoms. The Bertz CT molecular complexity index is 179. The molecule has 1 rings (SSSR count). The Morgan fingerprint density at radius 1 is 1.71 bits per heavy atom. The minimum atomic E-state index is 0.0452. The molecule has 0 aliphatic carbocycles. The van der Waals surface area contributed by atoms with Gasteiger partial charge < -0.3 is 15.8 Å². The highest BCUT2D eigenvalue weighted by molar-refractivity contribution is 5.79. The monoisotopic (exact) mass is 200 g/mol. The van der Waals surface area contributed by atoms with E-state index in [9.17, 15) is 4.79 Å². The summed E-state index contributed by atoms with van der Waals surface area (Å²) in [7, 11) is 0. The fourth-order valence-electron chi connectivity index (χ4n) is 1.59. The molecule has 4 nitrogen and oxygen atoms in total. The summed E-state index contributed by atoms with van der Waals surface area (Å²) < 4.78 is 5.14. The van der Waals surface area contributed by atoms with E-state index >= 15 is 0 Å². The van der Waals surface area contributed by atoms with Crippen LogP contribution in [0.25, 0.3) is 0 Å². The molecule has 1 aliphatic heterocycles. The van der Waals surface area contributed by atoms with E-state index in [0.717, 1.165) is 19.3 Å². The van der Waals surface area contributed by atoms with Gasteiger partial charge in [0.25, 0.3) is 0 Å². The van der Waals surface area contributed by atoms with Crippen LogP contribution in [0.4, 0.5) is 0 Å². The predicted octanol–water partition coefficient (Wildman–Crippen LogP) is 0.267. The van der Waals surface area contributed by atoms with E-state index in [1.165, 1.54) is 0 Å². The van der Waals surface area contributed by atoms with Crippen LogP contribution in [0, 0.1) is 5.92 Å². The van der Waals surface area contributed by atoms with Crippen LogP contribution in [0.5, 0.6) is 0 Å². The molecule has 2 atom stereocenters. The lowest BCUT2D eigenvalue weighted by Gasteiger charge is -2.13. The lowest BCUT2D eigenvalue weighted by molar-refractivity contribution is -0.125. The number of rotatable bonds is 5. The van der Waals surface area contributed by atoms with Gasteiger partial charge in [-0.2, -0.15) is 0 Å². The van der Waals surface area contributed by atoms with Crippen LogP contribution in [0.3, 0.4) is 0 Å². The Kier molecular flexibility index (Phi) is 4.90. The number of hydrogen-bond donors (Lipinski definition) is 2. The lowest BCUT2D eigenvalue weighted by atomic mass is 10.1. The largest absolute Gasteiger partial charge is 0.381 e. The standard InChI is InChI=1S/C10H20N2O2/c1-2-3-9(11)6-12-10(13)8-4-5-14-7-8/h8-9H,2-7,11H2,1H3,(H,12,13). The molecule has 0 bridgehead atoms. The predicted molar refractivity (Wildman–Crippen MR) is 54.8 cm³/mol. The van der Waals surface area contributed by atoms with Crippen molar-refractivity contribution in [3.05, 3.63) is 0 Å². The molecule has 3 N–H and O–H groups in total. The Labute approximate surface area is 85.2 Å². The maximum Gasteiger partial charge on any atom is 0.225 e. The van der Waals surface area contributed by atoms with Crippen molar-refractivity contribution in [1.82, 2.24) is 5.32 Å². The molecule has 2 unspecified atom stereocenters. The average Bonchev–Trinajstić information content (AvgIpc) is 2.67. The molecule has 82 valence electrons. The third-order valence-corrected chi connectivity index (χ3v) is 2.50. The number of carbonyl (C=O) groups excluding carboxylic acids is 1. The van der Waals surface area contributed by atoms with Crippen molar-refractivity contribution in [2.75, 3.05) is 19.8 Å². The number of amides is 1. The summed E-state index contributed by atoms with van der Waals surface area (Å²) in [6, 6.07) is 0.0891. The number of ether oxygens (including phenoxy) is 1. The second-order valence-corrected chi connectivity index (χ2v) is 3.85. The van der Waals surface area contributed by atoms with Gasteiger partial charge in [0.05, 0.1) is 12.5 Å². The molecule has 0 aromatic carbocycles. The molecule has 1 saturated heterocycles. The van der Waals surface area contributed by atoms with E-state index in [4.69, 9.17) is 10.5 Å². The van der Waals surface area contributed by atoms with Crippen molar-refractivity contribution in [3.63, 3.8) is 0 Å². The molecule has 4 heteroatoms. The van der Waals surface area contributed by atoms with Gasteiger partial charge in [0.1, 0.15) is 0 Å². The summed E-state index contributed by atoms with van der Waals surface area (Å²) in [5, 5.41) is 2.87. The zero-order valence-electron chi connectivity index (χ0n) is 8.79. The lowest BCUT2D eigenvalue weighted by Crippen LogP contribution is -2.40. The Morgan fingerprint density at radius 2 is 2.50 bits per heavy atom. The molecule has 1 fully saturated rings. The Morgan fingerprint density at radius 3 is 3.07 bits per heavy atom. The highest BCUT2D eigenvalue weighted by atomic mass is 16.5. The van der Waals surface area contributed by atoms with E-state index in [2.05, 4.69) is 12.2 Å². The molecule has 0 aromatic heterocycles. The molecule has 0 saturated carbocycles. The molecular formula is C10H20N2O2. The summed E-state index contributed by atoms with van der Waals surface area (Å²) in [5.41, 5.74) is 5.79. The first-order chi connectivity index (χ1) is 6.74. The number of hydrogen-bond acceptors (Lipinski definition) is 3. The van der Waals surface area contributed by atoms with Gasteiger partial charge >= 0.3 is 0 Å². The summed E-state index contributed by atoms with van der Waals surface area (Å²) >= 11 is 0. The van der Waals surface area contributed by atoms with Gasteiger partial charge in [0, 0.05) is 19.2 Å². The minimum Gasteiger partial charge on any atom is -0.381 e. The summed E-state index contributed by atoms with van der Waals surface area (Å²) in [4.78, 5) is 11.5. The van der Waals surface area contributed by atoms with E-state index in [0.29, 0.717) is 19.8 Å². The van der Waals surface area contributed by atoms with E-state index < -0.39 is 0 Å². The Hall–Kier alpha value is -0.610. The second-order valence-electron chi connectivity index (χ2n) is 3.85. The first-order valence-electron chi connectivity index (χ1n) is 5.35. The fourth-order valence-corrected chi connectivity index (χ4v) is 1.59. The van der Waals surface area contributed by atoms with Gasteiger partial charge in [0.2, 0.25) is 5.91 Å². The van der Waals surface area contributed by atoms with E-state index in [1.54, 1.807) is 0 Å². The molecule has 0 aromatic rings. The van der Waals surface area contributed by atoms with Crippen LogP contribution in [0.15, 0.2) is 0 Å². The van der Waals surface area contributed by atoms with Gasteiger partial charge in [-0.05, 0) is 12.8 Å². The third kappa shape index (κ3) is 3.64. The van der Waals surface area contributed by atoms with Crippen LogP contribution in [0.1, 0.15) is 26.2 Å². The van der Waals surface area contributed by atoms with Crippen LogP contribution < -0.4 is 11.1 Å². The van der Waals surface area contributed by atoms with Gasteiger partial charge in [-0.25, -0.2) is 0 Å². The second kappa shape index (κ2) is 5.98. The van der Waals surface area contributed by atoms with Crippen LogP contribution in [0.2, 0.25) is 0 Å². The zero-order valence-corrected chi connectivity index (χ0v) is 8.79. The smallest absolute Gasteiger partial charge is 0.225 e. The molecular weight excluding hydrogens is 180 g/mol. The van der Waals surface area contributed by atoms with Crippen molar-refractivity contribution in [2.45, 2.75) is 32.2 Å². The van der Waals surface area contributed by atoms with Gasteiger partial charge in [-0.1, -0.05) is 13.3 Å². The SMILES string of the molecule is CCCC(N)CNC(=O)C1CCOC1. The summed E-state index contributed by atoms with van der Waals surface area (Å²) in [5.74, 6) is 0.137. The number of carbonyl (C=O) groups is 1. The van der Waals surface area contributed by atoms with E-state index in [-0.39, 0.29) is 17.9 Å². The highest BCUT2D eigenvalue weighted by Gasteiger charge is 2.23. The Balaban J connectivity index is 2.13. The third-order valence-electron chi connectivity index (χ3n) is 2.50. The minimum absolute atomic E-state index is 0.0452. The van der Waals surface area contributed by atoms with Crippen molar-refractivity contribution in [2.24, 2.45) is 11.7 Å². The van der Waals surface area contributed by atoms with Crippen LogP contribution >= 0.6 is 0 Å². The van der Waals surface area contributed by atoms with Gasteiger partial charge in [-0.3, -0.25) is 4.79 Å². The van der Waals surface area contributed by atoms with Crippen molar-refractivity contribution in [1.29, 1.82) is 0 Å². The molecule has 1 heterocycles. The molecule has 1 amide bonds. The first-order valence-corrected chi connectivity index (χ1v) is 5.35. The van der Waals surface area contributed by atoms with Crippen LogP contribution in [-0.2, 0) is 9.53 Å². The summed E-state index contributed by atoms with van der Waals surface area (Å²) in [6.07, 6.45) is 2.86. The van der Waals surface area contributed by atoms with E-state index in [1.807, 2.05) is 0 Å². The number of nitrogens with one attached hydrogen (secondary N) is 1. The van der Waals surface area contributed by atoms with Gasteiger partial charge in [-0.15, -0.1) is 0 Å². The number of nitrogens with two attached hydrogens (primary N) is 1. The van der Waals surface area contributed by atoms with Crippen molar-refractivity contribution < 1.29 is 9.53 Å². The molecule has 1 aliphatic rings. The maximum absolute atomic E-state index is 11.5. The van der Waals surface area contributed by atoms with Crippen molar-refractivity contribution in [3.8, 4) is 0 Å². The zero-order chi connectivity index (χ0) is 10.4. The topological polar surface area (TPSA) is 64.3 Å². The van der Waals surface area contributed by atoms with Crippen LogP contribution in [-0.4, -0.2) is 31.7 Å². The molecule has 0 radical (unpaired) electrons. The highest BCUT2D eigenvalue weighted by Crippen LogP contribution is 2.11.